The molecule has 2 fully saturated rings. The number of likely N-dealkylation sites (tertiary alicyclic amines) is 2. The Morgan fingerprint density at radius 1 is 1.45 bits per heavy atom. The molecule has 0 bridgehead atoms. The lowest BCUT2D eigenvalue weighted by Crippen LogP contribution is -2.51. The number of hydrogen-bond donors (Lipinski definition) is 0. The molecular weight excluding hydrogens is 258 g/mol. The SMILES string of the molecule is CN1C(=O)CCC[C@@H]2CN(C(=O)c3cnco3)CC[C@H]21. The van der Waals surface area contributed by atoms with E-state index >= 15 is 0 Å². The molecule has 6 heteroatoms. The van der Waals surface area contributed by atoms with Gasteiger partial charge >= 0.3 is 0 Å². The first-order chi connectivity index (χ1) is 9.66. The third-order valence-corrected chi connectivity index (χ3v) is 4.48. The molecule has 0 aromatic carbocycles. The van der Waals surface area contributed by atoms with E-state index in [1.807, 2.05) is 16.8 Å². The largest absolute Gasteiger partial charge is 0.438 e. The number of fused-ring (bicyclic) bond motifs is 1. The minimum atomic E-state index is -0.0980. The second kappa shape index (κ2) is 5.26. The van der Waals surface area contributed by atoms with Crippen molar-refractivity contribution in [1.29, 1.82) is 0 Å². The third kappa shape index (κ3) is 2.30. The molecule has 2 saturated heterocycles. The average molecular weight is 277 g/mol. The molecule has 0 saturated carbocycles. The van der Waals surface area contributed by atoms with Crippen molar-refractivity contribution in [2.75, 3.05) is 20.1 Å². The van der Waals surface area contributed by atoms with E-state index in [2.05, 4.69) is 4.98 Å². The molecule has 0 radical (unpaired) electrons. The fraction of sp³-hybridized carbons (Fsp3) is 0.643. The molecule has 0 aliphatic carbocycles. The number of oxazole rings is 1. The van der Waals surface area contributed by atoms with Gasteiger partial charge in [-0.1, -0.05) is 0 Å². The zero-order chi connectivity index (χ0) is 14.1. The standard InChI is InChI=1S/C14H19N3O3/c1-16-11-5-6-17(14(19)12-7-15-9-20-12)8-10(11)3-2-4-13(16)18/h7,9-11H,2-6,8H2,1H3/t10-,11-/m1/s1. The van der Waals surface area contributed by atoms with Gasteiger partial charge in [-0.3, -0.25) is 9.59 Å². The van der Waals surface area contributed by atoms with Crippen LogP contribution in [0.2, 0.25) is 0 Å². The van der Waals surface area contributed by atoms with Crippen molar-refractivity contribution in [1.82, 2.24) is 14.8 Å². The van der Waals surface area contributed by atoms with Crippen LogP contribution in [0.5, 0.6) is 0 Å². The van der Waals surface area contributed by atoms with Gasteiger partial charge in [0.2, 0.25) is 11.7 Å². The van der Waals surface area contributed by atoms with E-state index in [1.165, 1.54) is 12.6 Å². The number of hydrogen-bond acceptors (Lipinski definition) is 4. The van der Waals surface area contributed by atoms with Crippen LogP contribution in [0.25, 0.3) is 0 Å². The monoisotopic (exact) mass is 277 g/mol. The summed E-state index contributed by atoms with van der Waals surface area (Å²) in [5, 5.41) is 0. The van der Waals surface area contributed by atoms with Crippen LogP contribution in [-0.2, 0) is 4.79 Å². The third-order valence-electron chi connectivity index (χ3n) is 4.48. The predicted octanol–water partition coefficient (Wildman–Crippen LogP) is 1.15. The fourth-order valence-electron chi connectivity index (χ4n) is 3.35. The highest BCUT2D eigenvalue weighted by Gasteiger charge is 2.37. The van der Waals surface area contributed by atoms with Gasteiger partial charge in [0, 0.05) is 32.6 Å². The zero-order valence-electron chi connectivity index (χ0n) is 11.6. The first-order valence-electron chi connectivity index (χ1n) is 7.10. The van der Waals surface area contributed by atoms with Crippen LogP contribution >= 0.6 is 0 Å². The highest BCUT2D eigenvalue weighted by molar-refractivity contribution is 5.91. The molecule has 2 aliphatic heterocycles. The van der Waals surface area contributed by atoms with Crippen molar-refractivity contribution < 1.29 is 14.0 Å². The average Bonchev–Trinajstić information content (AvgIpc) is 2.95. The van der Waals surface area contributed by atoms with Crippen molar-refractivity contribution in [3.8, 4) is 0 Å². The second-order valence-electron chi connectivity index (χ2n) is 5.63. The lowest BCUT2D eigenvalue weighted by atomic mass is 9.88. The van der Waals surface area contributed by atoms with Crippen LogP contribution in [0.15, 0.2) is 17.0 Å². The van der Waals surface area contributed by atoms with Gasteiger partial charge in [0.1, 0.15) is 0 Å². The summed E-state index contributed by atoms with van der Waals surface area (Å²) in [4.78, 5) is 31.7. The second-order valence-corrected chi connectivity index (χ2v) is 5.63. The Hall–Kier alpha value is -1.85. The summed E-state index contributed by atoms with van der Waals surface area (Å²) in [6, 6.07) is 0.267. The quantitative estimate of drug-likeness (QED) is 0.772. The van der Waals surface area contributed by atoms with Crippen LogP contribution in [-0.4, -0.2) is 52.8 Å². The van der Waals surface area contributed by atoms with Crippen LogP contribution in [0.1, 0.15) is 36.2 Å². The summed E-state index contributed by atoms with van der Waals surface area (Å²) in [7, 11) is 1.89. The van der Waals surface area contributed by atoms with Gasteiger partial charge in [-0.05, 0) is 25.2 Å². The summed E-state index contributed by atoms with van der Waals surface area (Å²) < 4.78 is 5.08. The number of carbonyl (C=O) groups excluding carboxylic acids is 2. The topological polar surface area (TPSA) is 66.7 Å². The summed E-state index contributed by atoms with van der Waals surface area (Å²) >= 11 is 0. The molecule has 108 valence electrons. The van der Waals surface area contributed by atoms with Crippen molar-refractivity contribution in [2.45, 2.75) is 31.7 Å². The smallest absolute Gasteiger partial charge is 0.291 e. The summed E-state index contributed by atoms with van der Waals surface area (Å²) in [5.41, 5.74) is 0. The lowest BCUT2D eigenvalue weighted by Gasteiger charge is -2.41. The van der Waals surface area contributed by atoms with E-state index in [4.69, 9.17) is 4.42 Å². The van der Waals surface area contributed by atoms with Crippen LogP contribution in [0, 0.1) is 5.92 Å². The lowest BCUT2D eigenvalue weighted by molar-refractivity contribution is -0.132. The minimum Gasteiger partial charge on any atom is -0.438 e. The molecule has 0 unspecified atom stereocenters. The van der Waals surface area contributed by atoms with Gasteiger partial charge in [-0.15, -0.1) is 0 Å². The van der Waals surface area contributed by atoms with E-state index in [9.17, 15) is 9.59 Å². The Bertz CT molecular complexity index is 500. The Morgan fingerprint density at radius 2 is 2.30 bits per heavy atom. The molecule has 0 N–H and O–H groups in total. The van der Waals surface area contributed by atoms with E-state index in [0.717, 1.165) is 19.3 Å². The normalized spacial score (nSPS) is 27.1. The maximum atomic E-state index is 12.3. The minimum absolute atomic E-state index is 0.0980. The number of carbonyl (C=O) groups is 2. The van der Waals surface area contributed by atoms with Crippen LogP contribution in [0.3, 0.4) is 0 Å². The van der Waals surface area contributed by atoms with Crippen molar-refractivity contribution >= 4 is 11.8 Å². The molecule has 2 aliphatic rings. The molecule has 3 rings (SSSR count). The van der Waals surface area contributed by atoms with Crippen LogP contribution < -0.4 is 0 Å². The first-order valence-corrected chi connectivity index (χ1v) is 7.10. The van der Waals surface area contributed by atoms with E-state index in [-0.39, 0.29) is 17.9 Å². The number of nitrogens with zero attached hydrogens (tertiary/aromatic N) is 3. The maximum absolute atomic E-state index is 12.3. The number of amides is 2. The molecule has 2 amide bonds. The zero-order valence-corrected chi connectivity index (χ0v) is 11.6. The van der Waals surface area contributed by atoms with Crippen molar-refractivity contribution in [2.24, 2.45) is 5.92 Å². The number of piperidine rings is 1. The Morgan fingerprint density at radius 3 is 3.05 bits per heavy atom. The summed E-state index contributed by atoms with van der Waals surface area (Å²) in [5.74, 6) is 0.792. The molecule has 20 heavy (non-hydrogen) atoms. The van der Waals surface area contributed by atoms with Crippen molar-refractivity contribution in [3.63, 3.8) is 0 Å². The highest BCUT2D eigenvalue weighted by Crippen LogP contribution is 2.30. The molecular formula is C14H19N3O3. The predicted molar refractivity (Wildman–Crippen MR) is 70.9 cm³/mol. The van der Waals surface area contributed by atoms with Gasteiger partial charge in [-0.2, -0.15) is 0 Å². The Labute approximate surface area is 117 Å². The Balaban J connectivity index is 1.72. The Kier molecular flexibility index (Phi) is 3.46. The van der Waals surface area contributed by atoms with Gasteiger partial charge < -0.3 is 14.2 Å². The summed E-state index contributed by atoms with van der Waals surface area (Å²) in [6.45, 7) is 1.36. The van der Waals surface area contributed by atoms with E-state index in [1.54, 1.807) is 0 Å². The van der Waals surface area contributed by atoms with Gasteiger partial charge in [0.25, 0.3) is 5.91 Å². The van der Waals surface area contributed by atoms with E-state index < -0.39 is 0 Å². The van der Waals surface area contributed by atoms with E-state index in [0.29, 0.717) is 31.2 Å². The van der Waals surface area contributed by atoms with Gasteiger partial charge in [0.05, 0.1) is 6.20 Å². The molecule has 6 nitrogen and oxygen atoms in total. The molecule has 1 aromatic rings. The number of rotatable bonds is 1. The highest BCUT2D eigenvalue weighted by atomic mass is 16.3. The van der Waals surface area contributed by atoms with Gasteiger partial charge in [0.15, 0.2) is 6.39 Å². The van der Waals surface area contributed by atoms with Crippen LogP contribution in [0.4, 0.5) is 0 Å². The molecule has 2 atom stereocenters. The summed E-state index contributed by atoms with van der Waals surface area (Å²) in [6.07, 6.45) is 6.11. The molecule has 0 spiro atoms. The number of aromatic nitrogens is 1. The fourth-order valence-corrected chi connectivity index (χ4v) is 3.35. The van der Waals surface area contributed by atoms with Gasteiger partial charge in [-0.25, -0.2) is 4.98 Å². The van der Waals surface area contributed by atoms with Crippen molar-refractivity contribution in [3.05, 3.63) is 18.4 Å². The molecule has 1 aromatic heterocycles. The maximum Gasteiger partial charge on any atom is 0.291 e. The first kappa shape index (κ1) is 13.1. The molecule has 3 heterocycles.